The molecule has 0 aromatic rings. The Bertz CT molecular complexity index is 164. The van der Waals surface area contributed by atoms with Gasteiger partial charge in [-0.15, -0.1) is 0 Å². The number of nitrogens with zero attached hydrogens (tertiary/aromatic N) is 1. The summed E-state index contributed by atoms with van der Waals surface area (Å²) in [7, 11) is 1.93. The smallest absolute Gasteiger partial charge is 0.0610 e. The number of likely N-dealkylation sites (N-methyl/N-ethyl adjacent to an activating group) is 1. The van der Waals surface area contributed by atoms with Crippen LogP contribution < -0.4 is 5.32 Å². The SMILES string of the molecule is CCCN(CCC)CCCCC(C)(CO)NC. The Morgan fingerprint density at radius 1 is 1.06 bits per heavy atom. The molecule has 0 fully saturated rings. The summed E-state index contributed by atoms with van der Waals surface area (Å²) in [5.41, 5.74) is -0.0969. The molecule has 0 spiro atoms. The monoisotopic (exact) mass is 244 g/mol. The van der Waals surface area contributed by atoms with E-state index < -0.39 is 0 Å². The summed E-state index contributed by atoms with van der Waals surface area (Å²) in [6.45, 7) is 10.4. The van der Waals surface area contributed by atoms with E-state index in [1.165, 1.54) is 45.3 Å². The van der Waals surface area contributed by atoms with E-state index in [0.717, 1.165) is 6.42 Å². The molecule has 104 valence electrons. The Kier molecular flexibility index (Phi) is 9.79. The lowest BCUT2D eigenvalue weighted by Crippen LogP contribution is -2.43. The number of hydrogen-bond donors (Lipinski definition) is 2. The second-order valence-corrected chi connectivity index (χ2v) is 5.27. The van der Waals surface area contributed by atoms with Crippen molar-refractivity contribution in [2.24, 2.45) is 0 Å². The fraction of sp³-hybridized carbons (Fsp3) is 1.00. The van der Waals surface area contributed by atoms with E-state index in [4.69, 9.17) is 0 Å². The summed E-state index contributed by atoms with van der Waals surface area (Å²) < 4.78 is 0. The molecule has 0 aromatic heterocycles. The highest BCUT2D eigenvalue weighted by Gasteiger charge is 2.19. The molecule has 0 rings (SSSR count). The molecule has 0 aromatic carbocycles. The fourth-order valence-corrected chi connectivity index (χ4v) is 2.10. The van der Waals surface area contributed by atoms with Gasteiger partial charge in [0.2, 0.25) is 0 Å². The van der Waals surface area contributed by atoms with Crippen LogP contribution in [0, 0.1) is 0 Å². The van der Waals surface area contributed by atoms with Crippen LogP contribution in [0.5, 0.6) is 0 Å². The molecule has 0 saturated heterocycles. The summed E-state index contributed by atoms with van der Waals surface area (Å²) in [5.74, 6) is 0. The first-order chi connectivity index (χ1) is 8.11. The summed E-state index contributed by atoms with van der Waals surface area (Å²) >= 11 is 0. The molecule has 0 saturated carbocycles. The van der Waals surface area contributed by atoms with Gasteiger partial charge in [-0.2, -0.15) is 0 Å². The van der Waals surface area contributed by atoms with Gasteiger partial charge in [-0.25, -0.2) is 0 Å². The van der Waals surface area contributed by atoms with Gasteiger partial charge in [-0.05, 0) is 59.3 Å². The van der Waals surface area contributed by atoms with Gasteiger partial charge in [0.1, 0.15) is 0 Å². The van der Waals surface area contributed by atoms with Crippen molar-refractivity contribution < 1.29 is 5.11 Å². The zero-order valence-corrected chi connectivity index (χ0v) is 12.3. The Labute approximate surface area is 108 Å². The van der Waals surface area contributed by atoms with Gasteiger partial charge in [0.15, 0.2) is 0 Å². The first-order valence-corrected chi connectivity index (χ1v) is 7.14. The van der Waals surface area contributed by atoms with Crippen molar-refractivity contribution in [3.63, 3.8) is 0 Å². The van der Waals surface area contributed by atoms with Gasteiger partial charge in [-0.3, -0.25) is 0 Å². The topological polar surface area (TPSA) is 35.5 Å². The van der Waals surface area contributed by atoms with Crippen molar-refractivity contribution in [1.29, 1.82) is 0 Å². The molecule has 0 heterocycles. The predicted molar refractivity (Wildman–Crippen MR) is 75.4 cm³/mol. The van der Waals surface area contributed by atoms with Crippen molar-refractivity contribution in [1.82, 2.24) is 10.2 Å². The van der Waals surface area contributed by atoms with Gasteiger partial charge >= 0.3 is 0 Å². The van der Waals surface area contributed by atoms with Crippen LogP contribution in [0.25, 0.3) is 0 Å². The van der Waals surface area contributed by atoms with Crippen LogP contribution in [0.15, 0.2) is 0 Å². The lowest BCUT2D eigenvalue weighted by molar-refractivity contribution is 0.168. The molecule has 0 bridgehead atoms. The van der Waals surface area contributed by atoms with Crippen LogP contribution in [-0.4, -0.2) is 48.8 Å². The quantitative estimate of drug-likeness (QED) is 0.547. The van der Waals surface area contributed by atoms with Gasteiger partial charge in [0, 0.05) is 5.54 Å². The third kappa shape index (κ3) is 7.74. The number of aliphatic hydroxyl groups is 1. The minimum atomic E-state index is -0.0969. The maximum absolute atomic E-state index is 9.29. The van der Waals surface area contributed by atoms with Crippen LogP contribution in [0.2, 0.25) is 0 Å². The van der Waals surface area contributed by atoms with Crippen molar-refractivity contribution >= 4 is 0 Å². The number of rotatable bonds is 11. The average Bonchev–Trinajstić information content (AvgIpc) is 2.34. The average molecular weight is 244 g/mol. The largest absolute Gasteiger partial charge is 0.394 e. The number of hydrogen-bond acceptors (Lipinski definition) is 3. The molecule has 0 aliphatic rings. The summed E-state index contributed by atoms with van der Waals surface area (Å²) in [6.07, 6.45) is 5.95. The molecule has 0 amide bonds. The summed E-state index contributed by atoms with van der Waals surface area (Å²) in [4.78, 5) is 2.55. The van der Waals surface area contributed by atoms with E-state index in [2.05, 4.69) is 31.0 Å². The second-order valence-electron chi connectivity index (χ2n) is 5.27. The highest BCUT2D eigenvalue weighted by Crippen LogP contribution is 2.13. The summed E-state index contributed by atoms with van der Waals surface area (Å²) in [6, 6.07) is 0. The van der Waals surface area contributed by atoms with Crippen LogP contribution in [0.1, 0.15) is 52.9 Å². The third-order valence-corrected chi connectivity index (χ3v) is 3.49. The molecule has 1 atom stereocenters. The highest BCUT2D eigenvalue weighted by molar-refractivity contribution is 4.80. The van der Waals surface area contributed by atoms with Crippen LogP contribution in [0.4, 0.5) is 0 Å². The number of unbranched alkanes of at least 4 members (excludes halogenated alkanes) is 1. The molecule has 3 heteroatoms. The van der Waals surface area contributed by atoms with Crippen molar-refractivity contribution in [2.75, 3.05) is 33.3 Å². The van der Waals surface area contributed by atoms with Crippen LogP contribution >= 0.6 is 0 Å². The Balaban J connectivity index is 3.73. The first-order valence-electron chi connectivity index (χ1n) is 7.14. The van der Waals surface area contributed by atoms with Gasteiger partial charge in [0.25, 0.3) is 0 Å². The minimum Gasteiger partial charge on any atom is -0.394 e. The molecular formula is C14H32N2O. The Morgan fingerprint density at radius 2 is 1.65 bits per heavy atom. The molecule has 3 nitrogen and oxygen atoms in total. The highest BCUT2D eigenvalue weighted by atomic mass is 16.3. The van der Waals surface area contributed by atoms with E-state index in [1.807, 2.05) is 7.05 Å². The molecule has 0 aliphatic heterocycles. The first kappa shape index (κ1) is 16.9. The van der Waals surface area contributed by atoms with Crippen molar-refractivity contribution in [2.45, 2.75) is 58.4 Å². The van der Waals surface area contributed by atoms with E-state index >= 15 is 0 Å². The lowest BCUT2D eigenvalue weighted by atomic mass is 9.96. The van der Waals surface area contributed by atoms with Crippen molar-refractivity contribution in [3.8, 4) is 0 Å². The molecule has 2 N–H and O–H groups in total. The maximum atomic E-state index is 9.29. The van der Waals surface area contributed by atoms with E-state index in [9.17, 15) is 5.11 Å². The predicted octanol–water partition coefficient (Wildman–Crippen LogP) is 2.25. The second kappa shape index (κ2) is 9.86. The van der Waals surface area contributed by atoms with E-state index in [-0.39, 0.29) is 12.1 Å². The van der Waals surface area contributed by atoms with E-state index in [0.29, 0.717) is 0 Å². The molecule has 17 heavy (non-hydrogen) atoms. The van der Waals surface area contributed by atoms with Gasteiger partial charge in [0.05, 0.1) is 6.61 Å². The number of nitrogens with one attached hydrogen (secondary N) is 1. The van der Waals surface area contributed by atoms with Crippen LogP contribution in [0.3, 0.4) is 0 Å². The molecule has 1 unspecified atom stereocenters. The third-order valence-electron chi connectivity index (χ3n) is 3.49. The molecule has 0 radical (unpaired) electrons. The standard InChI is InChI=1S/C14H32N2O/c1-5-10-16(11-6-2)12-8-7-9-14(3,13-17)15-4/h15,17H,5-13H2,1-4H3. The Morgan fingerprint density at radius 3 is 2.06 bits per heavy atom. The fourth-order valence-electron chi connectivity index (χ4n) is 2.10. The maximum Gasteiger partial charge on any atom is 0.0610 e. The van der Waals surface area contributed by atoms with Gasteiger partial charge in [-0.1, -0.05) is 20.3 Å². The molecule has 0 aliphatic carbocycles. The number of aliphatic hydroxyl groups excluding tert-OH is 1. The Hall–Kier alpha value is -0.120. The zero-order chi connectivity index (χ0) is 13.1. The van der Waals surface area contributed by atoms with E-state index in [1.54, 1.807) is 0 Å². The van der Waals surface area contributed by atoms with Crippen LogP contribution in [-0.2, 0) is 0 Å². The minimum absolute atomic E-state index is 0.0969. The normalized spacial score (nSPS) is 15.2. The van der Waals surface area contributed by atoms with Gasteiger partial charge < -0.3 is 15.3 Å². The molecular weight excluding hydrogens is 212 g/mol. The van der Waals surface area contributed by atoms with Crippen molar-refractivity contribution in [3.05, 3.63) is 0 Å². The zero-order valence-electron chi connectivity index (χ0n) is 12.3. The summed E-state index contributed by atoms with van der Waals surface area (Å²) in [5, 5.41) is 12.5. The lowest BCUT2D eigenvalue weighted by Gasteiger charge is -2.27.